The first kappa shape index (κ1) is 29.0. The molecule has 0 saturated carbocycles. The molecule has 12 nitrogen and oxygen atoms in total. The number of carboxylic acid groups (broad SMARTS) is 2. The Kier molecular flexibility index (Phi) is 10.8. The number of ether oxygens (including phenoxy) is 5. The number of amides is 1. The molecule has 0 spiro atoms. The van der Waals surface area contributed by atoms with E-state index in [2.05, 4.69) is 4.90 Å². The Hall–Kier alpha value is -4.19. The Morgan fingerprint density at radius 2 is 1.16 bits per heavy atom. The van der Waals surface area contributed by atoms with Gasteiger partial charge in [0.2, 0.25) is 0 Å². The number of hydrogen-bond donors (Lipinski definition) is 2. The number of benzene rings is 2. The van der Waals surface area contributed by atoms with Crippen LogP contribution in [0.2, 0.25) is 0 Å². The number of nitrogens with zero attached hydrogens (tertiary/aromatic N) is 2. The molecule has 0 unspecified atom stereocenters. The van der Waals surface area contributed by atoms with Gasteiger partial charge < -0.3 is 38.8 Å². The number of carbonyl (C=O) groups excluding carboxylic acids is 1. The van der Waals surface area contributed by atoms with Crippen LogP contribution in [0.15, 0.2) is 30.3 Å². The quantitative estimate of drug-likeness (QED) is 0.492. The number of aliphatic carboxylic acids is 2. The first-order valence-electron chi connectivity index (χ1n) is 11.2. The van der Waals surface area contributed by atoms with Crippen molar-refractivity contribution in [3.8, 4) is 28.7 Å². The van der Waals surface area contributed by atoms with Crippen molar-refractivity contribution in [1.82, 2.24) is 9.80 Å². The van der Waals surface area contributed by atoms with Crippen LogP contribution >= 0.6 is 0 Å². The van der Waals surface area contributed by atoms with Crippen LogP contribution in [0.1, 0.15) is 15.9 Å². The fourth-order valence-electron chi connectivity index (χ4n) is 3.68. The summed E-state index contributed by atoms with van der Waals surface area (Å²) in [6.45, 7) is 3.47. The summed E-state index contributed by atoms with van der Waals surface area (Å²) in [7, 11) is 8.01. The van der Waals surface area contributed by atoms with Gasteiger partial charge in [-0.1, -0.05) is 0 Å². The van der Waals surface area contributed by atoms with Crippen LogP contribution in [0.5, 0.6) is 28.7 Å². The highest BCUT2D eigenvalue weighted by Crippen LogP contribution is 2.35. The van der Waals surface area contributed by atoms with Crippen molar-refractivity contribution in [3.05, 3.63) is 41.5 Å². The van der Waals surface area contributed by atoms with Crippen molar-refractivity contribution in [2.24, 2.45) is 0 Å². The molecule has 12 heteroatoms. The lowest BCUT2D eigenvalue weighted by Gasteiger charge is -2.35. The third-order valence-electron chi connectivity index (χ3n) is 5.62. The molecule has 0 aliphatic carbocycles. The minimum Gasteiger partial charge on any atom is -0.497 e. The second-order valence-electron chi connectivity index (χ2n) is 7.80. The first-order valence-corrected chi connectivity index (χ1v) is 11.2. The third-order valence-corrected chi connectivity index (χ3v) is 5.62. The zero-order chi connectivity index (χ0) is 27.5. The second kappa shape index (κ2) is 13.8. The summed E-state index contributed by atoms with van der Waals surface area (Å²) < 4.78 is 26.9. The lowest BCUT2D eigenvalue weighted by Crippen LogP contribution is -2.48. The van der Waals surface area contributed by atoms with Gasteiger partial charge in [0.25, 0.3) is 5.91 Å². The van der Waals surface area contributed by atoms with E-state index in [1.54, 1.807) is 53.7 Å². The molecule has 0 bridgehead atoms. The van der Waals surface area contributed by atoms with Gasteiger partial charge in [-0.2, -0.15) is 0 Å². The highest BCUT2D eigenvalue weighted by molar-refractivity contribution is 6.27. The molecule has 2 N–H and O–H groups in total. The van der Waals surface area contributed by atoms with Crippen LogP contribution in [0.25, 0.3) is 0 Å². The number of carboxylic acids is 2. The summed E-state index contributed by atoms with van der Waals surface area (Å²) in [5, 5.41) is 14.8. The minimum atomic E-state index is -1.82. The predicted molar refractivity (Wildman–Crippen MR) is 132 cm³/mol. The van der Waals surface area contributed by atoms with Crippen LogP contribution in [0.3, 0.4) is 0 Å². The molecule has 1 saturated heterocycles. The molecule has 1 aliphatic heterocycles. The topological polar surface area (TPSA) is 144 Å². The van der Waals surface area contributed by atoms with Gasteiger partial charge in [0.15, 0.2) is 11.5 Å². The lowest BCUT2D eigenvalue weighted by molar-refractivity contribution is -0.159. The van der Waals surface area contributed by atoms with Crippen LogP contribution in [-0.4, -0.2) is 99.6 Å². The molecule has 202 valence electrons. The Bertz CT molecular complexity index is 1060. The van der Waals surface area contributed by atoms with Gasteiger partial charge in [-0.3, -0.25) is 9.69 Å². The Labute approximate surface area is 214 Å². The maximum Gasteiger partial charge on any atom is 0.414 e. The number of piperazine rings is 1. The largest absolute Gasteiger partial charge is 0.497 e. The molecule has 0 aromatic heterocycles. The van der Waals surface area contributed by atoms with Crippen LogP contribution in [-0.2, 0) is 16.1 Å². The molecule has 0 radical (unpaired) electrons. The molecule has 1 aliphatic rings. The van der Waals surface area contributed by atoms with E-state index in [1.165, 1.54) is 0 Å². The van der Waals surface area contributed by atoms with Crippen molar-refractivity contribution in [2.75, 3.05) is 61.7 Å². The molecule has 3 rings (SSSR count). The van der Waals surface area contributed by atoms with Crippen molar-refractivity contribution in [2.45, 2.75) is 6.54 Å². The number of hydrogen-bond acceptors (Lipinski definition) is 9. The average molecular weight is 521 g/mol. The minimum absolute atomic E-state index is 0.0273. The van der Waals surface area contributed by atoms with E-state index >= 15 is 0 Å². The summed E-state index contributed by atoms with van der Waals surface area (Å²) in [6.07, 6.45) is 0. The highest BCUT2D eigenvalue weighted by Gasteiger charge is 2.24. The van der Waals surface area contributed by atoms with E-state index in [0.29, 0.717) is 48.2 Å². The summed E-state index contributed by atoms with van der Waals surface area (Å²) in [4.78, 5) is 35.3. The standard InChI is InChI=1S/C23H30N2O6.C2H2O4/c1-27-18-10-16(11-19(13-18)28-2)23(26)25-8-6-24(7-9-25)15-17-12-21(30-4)22(31-5)14-20(17)29-3;3-1(4)2(5)6/h10-14H,6-9,15H2,1-5H3;(H,3,4)(H,5,6). The van der Waals surface area contributed by atoms with E-state index in [0.717, 1.165) is 24.4 Å². The average Bonchev–Trinajstić information content (AvgIpc) is 2.92. The van der Waals surface area contributed by atoms with E-state index in [9.17, 15) is 4.79 Å². The lowest BCUT2D eigenvalue weighted by atomic mass is 10.1. The predicted octanol–water partition coefficient (Wildman–Crippen LogP) is 1.84. The molecule has 2 aromatic carbocycles. The SMILES string of the molecule is COc1cc(OC)cc(C(=O)N2CCN(Cc3cc(OC)c(OC)cc3OC)CC2)c1.O=C(O)C(=O)O. The van der Waals surface area contributed by atoms with Gasteiger partial charge >= 0.3 is 11.9 Å². The Balaban J connectivity index is 0.000000717. The molecule has 0 atom stereocenters. The smallest absolute Gasteiger partial charge is 0.414 e. The second-order valence-corrected chi connectivity index (χ2v) is 7.80. The maximum absolute atomic E-state index is 13.0. The summed E-state index contributed by atoms with van der Waals surface area (Å²) in [6, 6.07) is 9.02. The molecular formula is C25H32N2O10. The van der Waals surface area contributed by atoms with Crippen molar-refractivity contribution in [3.63, 3.8) is 0 Å². The van der Waals surface area contributed by atoms with Gasteiger partial charge in [-0.05, 0) is 18.2 Å². The fraction of sp³-hybridized carbons (Fsp3) is 0.400. The van der Waals surface area contributed by atoms with E-state index in [-0.39, 0.29) is 5.91 Å². The van der Waals surface area contributed by atoms with Gasteiger partial charge in [0.05, 0.1) is 35.5 Å². The summed E-state index contributed by atoms with van der Waals surface area (Å²) >= 11 is 0. The van der Waals surface area contributed by atoms with E-state index < -0.39 is 11.9 Å². The monoisotopic (exact) mass is 520 g/mol. The van der Waals surface area contributed by atoms with Crippen LogP contribution in [0, 0.1) is 0 Å². The fourth-order valence-corrected chi connectivity index (χ4v) is 3.68. The molecule has 2 aromatic rings. The number of methoxy groups -OCH3 is 5. The third kappa shape index (κ3) is 7.90. The van der Waals surface area contributed by atoms with Gasteiger partial charge in [0, 0.05) is 56.0 Å². The number of rotatable bonds is 8. The summed E-state index contributed by atoms with van der Waals surface area (Å²) in [5.74, 6) is -0.430. The van der Waals surface area contributed by atoms with Crippen molar-refractivity contribution < 1.29 is 48.3 Å². The molecule has 1 heterocycles. The van der Waals surface area contributed by atoms with Crippen LogP contribution in [0.4, 0.5) is 0 Å². The Morgan fingerprint density at radius 1 is 0.676 bits per heavy atom. The van der Waals surface area contributed by atoms with E-state index in [1.807, 2.05) is 17.0 Å². The molecular weight excluding hydrogens is 488 g/mol. The van der Waals surface area contributed by atoms with Gasteiger partial charge in [-0.15, -0.1) is 0 Å². The maximum atomic E-state index is 13.0. The highest BCUT2D eigenvalue weighted by atomic mass is 16.5. The van der Waals surface area contributed by atoms with Crippen molar-refractivity contribution in [1.29, 1.82) is 0 Å². The normalized spacial score (nSPS) is 13.1. The van der Waals surface area contributed by atoms with Crippen LogP contribution < -0.4 is 23.7 Å². The number of carbonyl (C=O) groups is 3. The summed E-state index contributed by atoms with van der Waals surface area (Å²) in [5.41, 5.74) is 1.57. The first-order chi connectivity index (χ1) is 17.7. The zero-order valence-electron chi connectivity index (χ0n) is 21.5. The molecule has 1 fully saturated rings. The zero-order valence-corrected chi connectivity index (χ0v) is 21.5. The van der Waals surface area contributed by atoms with Gasteiger partial charge in [0.1, 0.15) is 17.2 Å². The molecule has 37 heavy (non-hydrogen) atoms. The van der Waals surface area contributed by atoms with Gasteiger partial charge in [-0.25, -0.2) is 9.59 Å². The van der Waals surface area contributed by atoms with E-state index in [4.69, 9.17) is 43.5 Å². The van der Waals surface area contributed by atoms with Crippen molar-refractivity contribution >= 4 is 17.8 Å². The molecule has 1 amide bonds. The Morgan fingerprint density at radius 3 is 1.59 bits per heavy atom.